The molecule has 0 radical (unpaired) electrons. The summed E-state index contributed by atoms with van der Waals surface area (Å²) < 4.78 is 0. The smallest absolute Gasteiger partial charge is 0.282 e. The molecule has 160 valence electrons. The third kappa shape index (κ3) is 3.38. The summed E-state index contributed by atoms with van der Waals surface area (Å²) in [6.07, 6.45) is 7.10. The zero-order valence-electron chi connectivity index (χ0n) is 17.4. The maximum atomic E-state index is 13.5. The molecular weight excluding hydrogens is 386 g/mol. The molecule has 1 aromatic rings. The van der Waals surface area contributed by atoms with Gasteiger partial charge in [0, 0.05) is 18.2 Å². The van der Waals surface area contributed by atoms with E-state index in [0.29, 0.717) is 5.92 Å². The second-order valence-corrected chi connectivity index (χ2v) is 8.67. The first-order valence-electron chi connectivity index (χ1n) is 10.8. The first kappa shape index (κ1) is 20.5. The number of carbonyl (C=O) groups excluding carboxylic acids is 3. The summed E-state index contributed by atoms with van der Waals surface area (Å²) in [5.74, 6) is -0.917. The van der Waals surface area contributed by atoms with Crippen LogP contribution in [0.4, 0.5) is 5.69 Å². The largest absolute Gasteiger partial charge is 0.335 e. The van der Waals surface area contributed by atoms with Crippen LogP contribution in [0.5, 0.6) is 0 Å². The van der Waals surface area contributed by atoms with Crippen molar-refractivity contribution in [2.45, 2.75) is 76.9 Å². The summed E-state index contributed by atoms with van der Waals surface area (Å²) in [4.78, 5) is 52.8. The Bertz CT molecular complexity index is 902. The summed E-state index contributed by atoms with van der Waals surface area (Å²) >= 11 is 0. The van der Waals surface area contributed by atoms with E-state index in [-0.39, 0.29) is 29.1 Å². The number of carbonyl (C=O) groups is 3. The van der Waals surface area contributed by atoms with E-state index in [0.717, 1.165) is 49.8 Å². The van der Waals surface area contributed by atoms with E-state index in [1.165, 1.54) is 18.2 Å². The van der Waals surface area contributed by atoms with E-state index in [2.05, 4.69) is 6.92 Å². The van der Waals surface area contributed by atoms with Crippen LogP contribution in [0.3, 0.4) is 0 Å². The number of hydrogen-bond donors (Lipinski definition) is 0. The highest BCUT2D eigenvalue weighted by Crippen LogP contribution is 2.38. The summed E-state index contributed by atoms with van der Waals surface area (Å²) in [5, 5.41) is 11.3. The van der Waals surface area contributed by atoms with Crippen molar-refractivity contribution in [3.05, 3.63) is 39.4 Å². The second-order valence-electron chi connectivity index (χ2n) is 8.67. The normalized spacial score (nSPS) is 24.5. The van der Waals surface area contributed by atoms with Crippen molar-refractivity contribution in [1.82, 2.24) is 9.80 Å². The van der Waals surface area contributed by atoms with Crippen molar-refractivity contribution < 1.29 is 19.3 Å². The SMILES string of the molecule is CCC1CCC(N(C(=O)C(C)N2C(=O)c3cccc([N+](=O)[O-])c3C2=O)C2CC2)CC1. The lowest BCUT2D eigenvalue weighted by Gasteiger charge is -2.39. The minimum absolute atomic E-state index is 0.00437. The van der Waals surface area contributed by atoms with Gasteiger partial charge in [0.2, 0.25) is 5.91 Å². The highest BCUT2D eigenvalue weighted by atomic mass is 16.6. The number of nitro groups is 1. The summed E-state index contributed by atoms with van der Waals surface area (Å²) in [7, 11) is 0. The molecule has 0 aromatic heterocycles. The molecule has 8 nitrogen and oxygen atoms in total. The molecule has 4 rings (SSSR count). The topological polar surface area (TPSA) is 101 Å². The van der Waals surface area contributed by atoms with Crippen LogP contribution in [-0.4, -0.2) is 50.6 Å². The van der Waals surface area contributed by atoms with Gasteiger partial charge in [-0.2, -0.15) is 0 Å². The Morgan fingerprint density at radius 3 is 2.27 bits per heavy atom. The van der Waals surface area contributed by atoms with E-state index in [4.69, 9.17) is 0 Å². The van der Waals surface area contributed by atoms with Crippen LogP contribution in [-0.2, 0) is 4.79 Å². The van der Waals surface area contributed by atoms with E-state index in [9.17, 15) is 24.5 Å². The van der Waals surface area contributed by atoms with Gasteiger partial charge < -0.3 is 4.90 Å². The van der Waals surface area contributed by atoms with E-state index in [1.807, 2.05) is 4.90 Å². The van der Waals surface area contributed by atoms with Crippen LogP contribution in [0.2, 0.25) is 0 Å². The van der Waals surface area contributed by atoms with Gasteiger partial charge >= 0.3 is 0 Å². The van der Waals surface area contributed by atoms with Crippen molar-refractivity contribution in [1.29, 1.82) is 0 Å². The van der Waals surface area contributed by atoms with Gasteiger partial charge in [0.05, 0.1) is 10.5 Å². The molecule has 0 saturated heterocycles. The highest BCUT2D eigenvalue weighted by molar-refractivity contribution is 6.24. The molecule has 1 aromatic carbocycles. The van der Waals surface area contributed by atoms with E-state index < -0.39 is 28.5 Å². The molecule has 1 aliphatic heterocycles. The fraction of sp³-hybridized carbons (Fsp3) is 0.591. The van der Waals surface area contributed by atoms with Gasteiger partial charge in [-0.05, 0) is 57.4 Å². The van der Waals surface area contributed by atoms with Gasteiger partial charge in [-0.15, -0.1) is 0 Å². The average Bonchev–Trinajstić information content (AvgIpc) is 3.54. The van der Waals surface area contributed by atoms with Crippen LogP contribution < -0.4 is 0 Å². The Hall–Kier alpha value is -2.77. The Kier molecular flexibility index (Phi) is 5.34. The predicted molar refractivity (Wildman–Crippen MR) is 109 cm³/mol. The van der Waals surface area contributed by atoms with Crippen LogP contribution in [0, 0.1) is 16.0 Å². The third-order valence-corrected chi connectivity index (χ3v) is 6.85. The van der Waals surface area contributed by atoms with Crippen molar-refractivity contribution in [3.8, 4) is 0 Å². The number of rotatable bonds is 6. The van der Waals surface area contributed by atoms with Crippen molar-refractivity contribution >= 4 is 23.4 Å². The molecule has 30 heavy (non-hydrogen) atoms. The first-order valence-corrected chi connectivity index (χ1v) is 10.8. The minimum Gasteiger partial charge on any atom is -0.335 e. The Morgan fingerprint density at radius 2 is 1.73 bits per heavy atom. The number of imide groups is 1. The standard InChI is InChI=1S/C22H27N3O5/c1-3-14-7-9-15(10-8-14)24(16-11-12-16)20(26)13(2)23-21(27)17-5-4-6-18(25(29)30)19(17)22(23)28/h4-6,13-16H,3,7-12H2,1-2H3. The molecule has 2 saturated carbocycles. The zero-order valence-corrected chi connectivity index (χ0v) is 17.4. The maximum Gasteiger partial charge on any atom is 0.282 e. The Labute approximate surface area is 175 Å². The number of amides is 3. The van der Waals surface area contributed by atoms with E-state index in [1.54, 1.807) is 6.92 Å². The predicted octanol–water partition coefficient (Wildman–Crippen LogP) is 3.54. The van der Waals surface area contributed by atoms with Crippen LogP contribution in [0.1, 0.15) is 79.5 Å². The highest BCUT2D eigenvalue weighted by Gasteiger charge is 2.48. The van der Waals surface area contributed by atoms with Crippen LogP contribution in [0.25, 0.3) is 0 Å². The molecule has 3 aliphatic rings. The minimum atomic E-state index is -0.985. The Balaban J connectivity index is 1.57. The average molecular weight is 413 g/mol. The third-order valence-electron chi connectivity index (χ3n) is 6.85. The molecule has 1 atom stereocenters. The molecule has 1 unspecified atom stereocenters. The maximum absolute atomic E-state index is 13.5. The molecule has 2 fully saturated rings. The quantitative estimate of drug-likeness (QED) is 0.403. The fourth-order valence-electron chi connectivity index (χ4n) is 4.96. The molecule has 1 heterocycles. The number of nitro benzene ring substituents is 1. The number of hydrogen-bond acceptors (Lipinski definition) is 5. The van der Waals surface area contributed by atoms with Gasteiger partial charge in [0.15, 0.2) is 0 Å². The Morgan fingerprint density at radius 1 is 1.13 bits per heavy atom. The molecular formula is C22H27N3O5. The van der Waals surface area contributed by atoms with Gasteiger partial charge in [0.25, 0.3) is 17.5 Å². The molecule has 3 amide bonds. The van der Waals surface area contributed by atoms with Gasteiger partial charge in [-0.3, -0.25) is 29.4 Å². The molecule has 0 N–H and O–H groups in total. The zero-order chi connectivity index (χ0) is 21.6. The summed E-state index contributed by atoms with van der Waals surface area (Å²) in [5.41, 5.74) is -0.617. The molecule has 0 bridgehead atoms. The van der Waals surface area contributed by atoms with Crippen molar-refractivity contribution in [2.24, 2.45) is 5.92 Å². The summed E-state index contributed by atoms with van der Waals surface area (Å²) in [6, 6.07) is 3.34. The van der Waals surface area contributed by atoms with Gasteiger partial charge in [0.1, 0.15) is 11.6 Å². The lowest BCUT2D eigenvalue weighted by molar-refractivity contribution is -0.385. The van der Waals surface area contributed by atoms with Crippen LogP contribution in [0.15, 0.2) is 18.2 Å². The van der Waals surface area contributed by atoms with Crippen molar-refractivity contribution in [3.63, 3.8) is 0 Å². The lowest BCUT2D eigenvalue weighted by atomic mass is 9.83. The molecule has 8 heteroatoms. The first-order chi connectivity index (χ1) is 14.3. The van der Waals surface area contributed by atoms with Crippen molar-refractivity contribution in [2.75, 3.05) is 0 Å². The number of nitrogens with zero attached hydrogens (tertiary/aromatic N) is 3. The molecule has 0 spiro atoms. The molecule has 2 aliphatic carbocycles. The summed E-state index contributed by atoms with van der Waals surface area (Å²) in [6.45, 7) is 3.75. The number of benzene rings is 1. The van der Waals surface area contributed by atoms with Gasteiger partial charge in [-0.1, -0.05) is 19.4 Å². The van der Waals surface area contributed by atoms with Gasteiger partial charge in [-0.25, -0.2) is 0 Å². The lowest BCUT2D eigenvalue weighted by Crippen LogP contribution is -2.53. The fourth-order valence-corrected chi connectivity index (χ4v) is 4.96. The van der Waals surface area contributed by atoms with Crippen LogP contribution >= 0.6 is 0 Å². The van der Waals surface area contributed by atoms with E-state index >= 15 is 0 Å². The monoisotopic (exact) mass is 413 g/mol. The second kappa shape index (κ2) is 7.81. The number of fused-ring (bicyclic) bond motifs is 1.